The van der Waals surface area contributed by atoms with Crippen molar-refractivity contribution >= 4 is 38.1 Å². The van der Waals surface area contributed by atoms with Gasteiger partial charge in [0.25, 0.3) is 0 Å². The first-order valence-corrected chi connectivity index (χ1v) is 15.0. The van der Waals surface area contributed by atoms with Gasteiger partial charge in [-0.05, 0) is 44.1 Å². The second-order valence-electron chi connectivity index (χ2n) is 11.2. The monoisotopic (exact) mass is 736 g/mol. The molecule has 2 aromatic carbocycles. The quantitative estimate of drug-likeness (QED) is 0.111. The van der Waals surface area contributed by atoms with Crippen LogP contribution in [-0.4, -0.2) is 20.9 Å². The molecule has 4 nitrogen and oxygen atoms in total. The Hall–Kier alpha value is -2.40. The Bertz CT molecular complexity index is 1440. The van der Waals surface area contributed by atoms with Gasteiger partial charge in [0.1, 0.15) is 6.33 Å². The zero-order chi connectivity index (χ0) is 28.7. The Balaban J connectivity index is 0.000000307. The number of rotatable bonds is 8. The summed E-state index contributed by atoms with van der Waals surface area (Å²) in [6, 6.07) is 16.4. The summed E-state index contributed by atoms with van der Waals surface area (Å²) < 4.78 is 1.14. The molecule has 1 N–H and O–H groups in total. The molecule has 2 heterocycles. The third-order valence-corrected chi connectivity index (χ3v) is 8.40. The summed E-state index contributed by atoms with van der Waals surface area (Å²) in [6.45, 7) is 16.9. The number of aliphatic hydroxyl groups is 1. The van der Waals surface area contributed by atoms with Gasteiger partial charge in [-0.1, -0.05) is 77.6 Å². The molecule has 6 heteroatoms. The molecule has 0 saturated heterocycles. The van der Waals surface area contributed by atoms with E-state index in [9.17, 15) is 9.90 Å². The molecule has 0 aliphatic rings. The van der Waals surface area contributed by atoms with Crippen LogP contribution >= 0.6 is 11.3 Å². The van der Waals surface area contributed by atoms with Crippen LogP contribution in [0.1, 0.15) is 84.6 Å². The molecule has 4 aromatic rings. The molecule has 0 amide bonds. The minimum atomic E-state index is 0. The molecule has 40 heavy (non-hydrogen) atoms. The molecule has 0 atom stereocenters. The minimum absolute atomic E-state index is 0. The van der Waals surface area contributed by atoms with E-state index in [0.717, 1.165) is 52.5 Å². The van der Waals surface area contributed by atoms with E-state index >= 15 is 0 Å². The van der Waals surface area contributed by atoms with Gasteiger partial charge in [0.05, 0.1) is 11.3 Å². The molecule has 1 radical (unpaired) electrons. The summed E-state index contributed by atoms with van der Waals surface area (Å²) in [5.41, 5.74) is 4.43. The van der Waals surface area contributed by atoms with Gasteiger partial charge in [-0.3, -0.25) is 9.78 Å². The van der Waals surface area contributed by atoms with Crippen LogP contribution in [0.25, 0.3) is 32.2 Å². The number of thiophene rings is 1. The van der Waals surface area contributed by atoms with Crippen molar-refractivity contribution in [1.29, 1.82) is 0 Å². The number of carbonyl (C=O) groups excluding carboxylic acids is 1. The Kier molecular flexibility index (Phi) is 12.7. The van der Waals surface area contributed by atoms with Crippen molar-refractivity contribution in [1.82, 2.24) is 9.97 Å². The molecule has 2 aromatic heterocycles. The predicted molar refractivity (Wildman–Crippen MR) is 166 cm³/mol. The van der Waals surface area contributed by atoms with Crippen molar-refractivity contribution < 1.29 is 30.0 Å². The summed E-state index contributed by atoms with van der Waals surface area (Å²) in [6.07, 6.45) is 6.56. The predicted octanol–water partition coefficient (Wildman–Crippen LogP) is 9.78. The van der Waals surface area contributed by atoms with Crippen LogP contribution in [0.3, 0.4) is 0 Å². The first-order valence-electron chi connectivity index (χ1n) is 14.1. The van der Waals surface area contributed by atoms with E-state index in [4.69, 9.17) is 0 Å². The van der Waals surface area contributed by atoms with Crippen LogP contribution in [0.15, 0.2) is 54.6 Å². The number of carbonyl (C=O) groups is 1. The average Bonchev–Trinajstić information content (AvgIpc) is 3.29. The summed E-state index contributed by atoms with van der Waals surface area (Å²) in [4.78, 5) is 22.0. The molecular weight excluding hydrogens is 693 g/mol. The molecule has 0 spiro atoms. The van der Waals surface area contributed by atoms with Crippen molar-refractivity contribution in [2.24, 2.45) is 11.8 Å². The van der Waals surface area contributed by atoms with Crippen LogP contribution in [0.5, 0.6) is 0 Å². The number of aryl methyl sites for hydroxylation is 1. The first-order chi connectivity index (χ1) is 18.5. The molecule has 0 fully saturated rings. The van der Waals surface area contributed by atoms with E-state index in [1.54, 1.807) is 17.7 Å². The number of aromatic nitrogens is 2. The van der Waals surface area contributed by atoms with Gasteiger partial charge in [0.2, 0.25) is 0 Å². The molecule has 0 aliphatic carbocycles. The van der Waals surface area contributed by atoms with E-state index in [2.05, 4.69) is 80.1 Å². The Morgan fingerprint density at radius 1 is 1.00 bits per heavy atom. The van der Waals surface area contributed by atoms with Crippen LogP contribution in [0, 0.1) is 24.8 Å². The molecule has 0 saturated carbocycles. The van der Waals surface area contributed by atoms with Crippen molar-refractivity contribution in [3.63, 3.8) is 0 Å². The fourth-order valence-electron chi connectivity index (χ4n) is 4.92. The van der Waals surface area contributed by atoms with Gasteiger partial charge >= 0.3 is 0 Å². The zero-order valence-corrected chi connectivity index (χ0v) is 28.3. The molecule has 0 unspecified atom stereocenters. The number of nitrogens with zero attached hydrogens (tertiary/aromatic N) is 2. The van der Waals surface area contributed by atoms with Crippen molar-refractivity contribution in [2.45, 2.75) is 86.5 Å². The van der Waals surface area contributed by atoms with Crippen molar-refractivity contribution in [3.8, 4) is 11.3 Å². The smallest absolute Gasteiger partial charge is 0.162 e. The maximum atomic E-state index is 11.7. The number of ketones is 1. The zero-order valence-electron chi connectivity index (χ0n) is 25.1. The second kappa shape index (κ2) is 15.0. The van der Waals surface area contributed by atoms with Crippen molar-refractivity contribution in [2.75, 3.05) is 0 Å². The SMILES string of the molecule is CCC(CC)C(=O)/C=C(\O)C(CC)CC.Cc1cc2ncnc(-c3[c-]c4ccccc4c(C(C)(C)C)c3)c2s1.[Ir]. The van der Waals surface area contributed by atoms with Crippen LogP contribution in [0.2, 0.25) is 0 Å². The first kappa shape index (κ1) is 33.8. The standard InChI is InChI=1S/C21H19N2S.C13H24O2.Ir/c1-13-9-18-20(24-13)19(23-12-22-18)15-10-14-7-5-6-8-16(14)17(11-15)21(2,3)4;1-5-10(6-2)12(14)9-13(15)11(7-3)8-4;/h5-9,11-12H,1-4H3;9-11,14H,5-8H2,1-4H3;/q-1;;/b;12-9-;. The van der Waals surface area contributed by atoms with Gasteiger partial charge in [-0.2, -0.15) is 0 Å². The molecule has 0 aliphatic heterocycles. The number of hydrogen-bond donors (Lipinski definition) is 1. The summed E-state index contributed by atoms with van der Waals surface area (Å²) in [7, 11) is 0. The Labute approximate surface area is 257 Å². The van der Waals surface area contributed by atoms with Gasteiger partial charge in [0.15, 0.2) is 5.78 Å². The number of fused-ring (bicyclic) bond motifs is 2. The number of aliphatic hydroxyl groups excluding tert-OH is 1. The molecule has 217 valence electrons. The van der Waals surface area contributed by atoms with E-state index in [1.807, 2.05) is 27.7 Å². The second-order valence-corrected chi connectivity index (χ2v) is 12.4. The Morgan fingerprint density at radius 2 is 1.62 bits per heavy atom. The van der Waals surface area contributed by atoms with E-state index in [1.165, 1.54) is 21.9 Å². The van der Waals surface area contributed by atoms with Crippen LogP contribution < -0.4 is 0 Å². The number of benzene rings is 2. The fraction of sp³-hybridized carbons (Fsp3) is 0.441. The van der Waals surface area contributed by atoms with Crippen LogP contribution in [0.4, 0.5) is 0 Å². The molecule has 0 bridgehead atoms. The number of hydrogen-bond acceptors (Lipinski definition) is 5. The van der Waals surface area contributed by atoms with E-state index in [0.29, 0.717) is 0 Å². The van der Waals surface area contributed by atoms with E-state index in [-0.39, 0.29) is 48.9 Å². The summed E-state index contributed by atoms with van der Waals surface area (Å²) >= 11 is 1.75. The summed E-state index contributed by atoms with van der Waals surface area (Å²) in [5.74, 6) is 0.547. The van der Waals surface area contributed by atoms with E-state index < -0.39 is 0 Å². The molecule has 4 rings (SSSR count). The van der Waals surface area contributed by atoms with Gasteiger partial charge in [-0.15, -0.1) is 40.5 Å². The third-order valence-electron chi connectivity index (χ3n) is 7.35. The number of allylic oxidation sites excluding steroid dienone is 2. The minimum Gasteiger partial charge on any atom is -0.512 e. The van der Waals surface area contributed by atoms with Gasteiger partial charge in [-0.25, -0.2) is 4.98 Å². The van der Waals surface area contributed by atoms with Gasteiger partial charge in [0, 0.05) is 53.3 Å². The van der Waals surface area contributed by atoms with Crippen LogP contribution in [-0.2, 0) is 30.3 Å². The maximum absolute atomic E-state index is 11.7. The van der Waals surface area contributed by atoms with Gasteiger partial charge < -0.3 is 5.11 Å². The topological polar surface area (TPSA) is 63.1 Å². The van der Waals surface area contributed by atoms with Crippen molar-refractivity contribution in [3.05, 3.63) is 71.1 Å². The fourth-order valence-corrected chi connectivity index (χ4v) is 5.89. The largest absolute Gasteiger partial charge is 0.512 e. The summed E-state index contributed by atoms with van der Waals surface area (Å²) in [5, 5.41) is 12.2. The Morgan fingerprint density at radius 3 is 2.23 bits per heavy atom. The normalized spacial score (nSPS) is 12.0. The average molecular weight is 736 g/mol. The molecular formula is C34H43IrN2O2S-. The third kappa shape index (κ3) is 8.09. The maximum Gasteiger partial charge on any atom is 0.162 e.